The van der Waals surface area contributed by atoms with Gasteiger partial charge in [0.15, 0.2) is 0 Å². The van der Waals surface area contributed by atoms with Gasteiger partial charge in [-0.1, -0.05) is 0 Å². The van der Waals surface area contributed by atoms with E-state index in [2.05, 4.69) is 62.3 Å². The van der Waals surface area contributed by atoms with Crippen molar-refractivity contribution in [1.82, 2.24) is 4.98 Å². The third-order valence-corrected chi connectivity index (χ3v) is 7.20. The first-order chi connectivity index (χ1) is 10.1. The standard InChI is InChI=1S/C11H9.C8H12N.2ClH.Ti/c1-2-4-10-8(3-1)7-9-5-6-11(9)10;1-8(2,3)7-4-5-9-6-7;;;/h1-4,11H,5-6H2;4-5,9H,1-3H3;2*1H;/q;;;;+2/p-2. The number of rotatable bonds is 2. The number of halogens is 2. The van der Waals surface area contributed by atoms with Gasteiger partial charge < -0.3 is 24.8 Å². The Morgan fingerprint density at radius 2 is 1.83 bits per heavy atom. The number of benzene rings is 1. The predicted octanol–water partition coefficient (Wildman–Crippen LogP) is -1.67. The molecule has 0 bridgehead atoms. The summed E-state index contributed by atoms with van der Waals surface area (Å²) in [6.07, 6.45) is 4.81. The molecule has 1 atom stereocenters. The number of hydrogen-bond acceptors (Lipinski definition) is 0. The van der Waals surface area contributed by atoms with Gasteiger partial charge in [-0.2, -0.15) is 0 Å². The van der Waals surface area contributed by atoms with Crippen molar-refractivity contribution < 1.29 is 44.0 Å². The van der Waals surface area contributed by atoms with Gasteiger partial charge in [-0.05, 0) is 0 Å². The molecule has 1 nitrogen and oxygen atoms in total. The van der Waals surface area contributed by atoms with Crippen LogP contribution in [-0.2, 0) is 24.6 Å². The first-order valence-electron chi connectivity index (χ1n) is 7.83. The van der Waals surface area contributed by atoms with Crippen LogP contribution in [0.3, 0.4) is 0 Å². The quantitative estimate of drug-likeness (QED) is 0.599. The van der Waals surface area contributed by atoms with E-state index in [9.17, 15) is 0 Å². The maximum atomic E-state index is 3.55. The molecule has 1 fully saturated rings. The van der Waals surface area contributed by atoms with Gasteiger partial charge in [0.1, 0.15) is 0 Å². The maximum absolute atomic E-state index is 3.55. The second-order valence-corrected chi connectivity index (χ2v) is 9.17. The smallest absolute Gasteiger partial charge is 1.00 e. The predicted molar refractivity (Wildman–Crippen MR) is 84.5 cm³/mol. The second-order valence-electron chi connectivity index (χ2n) is 7.22. The third kappa shape index (κ3) is 3.09. The summed E-state index contributed by atoms with van der Waals surface area (Å²) in [5.74, 6) is 0.757. The van der Waals surface area contributed by atoms with Crippen molar-refractivity contribution in [2.75, 3.05) is 0 Å². The molecule has 0 spiro atoms. The van der Waals surface area contributed by atoms with E-state index >= 15 is 0 Å². The van der Waals surface area contributed by atoms with Gasteiger partial charge in [0.25, 0.3) is 0 Å². The number of aromatic nitrogens is 1. The van der Waals surface area contributed by atoms with Gasteiger partial charge in [0, 0.05) is 0 Å². The van der Waals surface area contributed by atoms with E-state index in [1.54, 1.807) is 20.6 Å². The molecule has 1 N–H and O–H groups in total. The molecule has 0 radical (unpaired) electrons. The van der Waals surface area contributed by atoms with Crippen LogP contribution in [0.1, 0.15) is 56.2 Å². The molecule has 23 heavy (non-hydrogen) atoms. The third-order valence-electron chi connectivity index (χ3n) is 4.85. The molecule has 0 aliphatic heterocycles. The molecule has 120 valence electrons. The Morgan fingerprint density at radius 1 is 1.09 bits per heavy atom. The van der Waals surface area contributed by atoms with Gasteiger partial charge in [-0.3, -0.25) is 0 Å². The van der Waals surface area contributed by atoms with Gasteiger partial charge in [0.2, 0.25) is 0 Å². The van der Waals surface area contributed by atoms with E-state index in [0.29, 0.717) is 0 Å². The molecule has 4 heteroatoms. The summed E-state index contributed by atoms with van der Waals surface area (Å²) >= 11 is -0.267. The van der Waals surface area contributed by atoms with Crippen LogP contribution >= 0.6 is 0 Å². The van der Waals surface area contributed by atoms with Crippen molar-refractivity contribution in [2.45, 2.75) is 44.9 Å². The zero-order valence-electron chi connectivity index (χ0n) is 13.7. The number of allylic oxidation sites excluding steroid dienone is 1. The molecule has 0 saturated heterocycles. The van der Waals surface area contributed by atoms with E-state index in [4.69, 9.17) is 0 Å². The minimum absolute atomic E-state index is 0. The van der Waals surface area contributed by atoms with Gasteiger partial charge >= 0.3 is 136 Å². The molecule has 1 unspecified atom stereocenters. The average Bonchev–Trinajstić information content (AvgIpc) is 2.92. The molecular weight excluding hydrogens is 361 g/mol. The van der Waals surface area contributed by atoms with Crippen LogP contribution in [0, 0.1) is 0 Å². The molecule has 2 aliphatic carbocycles. The van der Waals surface area contributed by atoms with Crippen molar-refractivity contribution in [3.05, 3.63) is 58.8 Å². The average molecular weight is 382 g/mol. The fourth-order valence-corrected chi connectivity index (χ4v) is 6.49. The summed E-state index contributed by atoms with van der Waals surface area (Å²) in [7, 11) is 0. The number of aromatic amines is 1. The summed E-state index contributed by atoms with van der Waals surface area (Å²) in [6, 6.07) is 11.4. The summed E-state index contributed by atoms with van der Waals surface area (Å²) in [5, 5.41) is 0. The molecule has 0 amide bonds. The Labute approximate surface area is 160 Å². The molecule has 1 aromatic heterocycles. The number of nitrogens with one attached hydrogen (secondary N) is 1. The Morgan fingerprint density at radius 3 is 2.48 bits per heavy atom. The molecule has 1 heterocycles. The van der Waals surface area contributed by atoms with Crippen molar-refractivity contribution in [3.8, 4) is 0 Å². The van der Waals surface area contributed by atoms with E-state index < -0.39 is 0 Å². The van der Waals surface area contributed by atoms with Crippen molar-refractivity contribution in [2.24, 2.45) is 0 Å². The zero-order valence-corrected chi connectivity index (χ0v) is 16.8. The van der Waals surface area contributed by atoms with Crippen LogP contribution in [0.4, 0.5) is 0 Å². The minimum Gasteiger partial charge on any atom is -1.00 e. The second kappa shape index (κ2) is 6.80. The van der Waals surface area contributed by atoms with Crippen LogP contribution in [0.2, 0.25) is 0 Å². The van der Waals surface area contributed by atoms with E-state index in [0.717, 1.165) is 5.92 Å². The van der Waals surface area contributed by atoms with Crippen LogP contribution in [0.5, 0.6) is 0 Å². The molecule has 2 aromatic rings. The summed E-state index contributed by atoms with van der Waals surface area (Å²) in [5.41, 5.74) is 6.66. The Balaban J connectivity index is 0.000000960. The summed E-state index contributed by atoms with van der Waals surface area (Å²) < 4.78 is 3.24. The molecule has 1 aromatic carbocycles. The molecule has 2 aliphatic rings. The fourth-order valence-electron chi connectivity index (χ4n) is 3.65. The first kappa shape index (κ1) is 18.9. The topological polar surface area (TPSA) is 15.8 Å². The van der Waals surface area contributed by atoms with Crippen molar-refractivity contribution in [1.29, 1.82) is 0 Å². The molecular formula is C19H21Cl2NTi. The molecule has 1 saturated carbocycles. The first-order valence-corrected chi connectivity index (χ1v) is 9.39. The fraction of sp³-hybridized carbons (Fsp3) is 0.368. The van der Waals surface area contributed by atoms with Crippen LogP contribution < -0.4 is 28.8 Å². The Bertz CT molecular complexity index is 740. The normalized spacial score (nSPS) is 18.1. The SMILES string of the molecule is CC(C)(C)c1cc[nH][c]1[Ti+2][C]1=C2CCC2c2ccccc21.[Cl-].[Cl-]. The Hall–Kier alpha value is -0.466. The monoisotopic (exact) mass is 381 g/mol. The van der Waals surface area contributed by atoms with Gasteiger partial charge in [0.05, 0.1) is 0 Å². The summed E-state index contributed by atoms with van der Waals surface area (Å²) in [6.45, 7) is 6.95. The largest absolute Gasteiger partial charge is 1.00 e. The minimum atomic E-state index is -0.267. The van der Waals surface area contributed by atoms with Crippen LogP contribution in [0.15, 0.2) is 42.1 Å². The number of hydrogen-bond donors (Lipinski definition) is 1. The number of fused-ring (bicyclic) bond motifs is 3. The zero-order chi connectivity index (χ0) is 14.6. The Kier molecular flexibility index (Phi) is 5.58. The van der Waals surface area contributed by atoms with Gasteiger partial charge in [-0.25, -0.2) is 0 Å². The molecule has 4 rings (SSSR count). The van der Waals surface area contributed by atoms with Crippen LogP contribution in [0.25, 0.3) is 3.88 Å². The van der Waals surface area contributed by atoms with E-state index in [1.165, 1.54) is 22.4 Å². The maximum Gasteiger partial charge on any atom is -1.00 e. The van der Waals surface area contributed by atoms with Crippen molar-refractivity contribution in [3.63, 3.8) is 0 Å². The van der Waals surface area contributed by atoms with E-state index in [1.807, 2.05) is 0 Å². The summed E-state index contributed by atoms with van der Waals surface area (Å²) in [4.78, 5) is 3.55. The van der Waals surface area contributed by atoms with Crippen LogP contribution in [-0.4, -0.2) is 4.98 Å². The van der Waals surface area contributed by atoms with E-state index in [-0.39, 0.29) is 49.4 Å². The van der Waals surface area contributed by atoms with Gasteiger partial charge in [-0.15, -0.1) is 0 Å². The van der Waals surface area contributed by atoms with Crippen molar-refractivity contribution >= 4 is 7.88 Å². The number of H-pyrrole nitrogens is 1.